The van der Waals surface area contributed by atoms with Crippen molar-refractivity contribution in [1.29, 1.82) is 0 Å². The minimum atomic E-state index is -0.401. The van der Waals surface area contributed by atoms with Crippen molar-refractivity contribution >= 4 is 5.97 Å². The molecule has 0 N–H and O–H groups in total. The van der Waals surface area contributed by atoms with Crippen LogP contribution in [0.3, 0.4) is 0 Å². The molecule has 5 nitrogen and oxygen atoms in total. The van der Waals surface area contributed by atoms with E-state index in [2.05, 4.69) is 54.1 Å². The summed E-state index contributed by atoms with van der Waals surface area (Å²) in [5.41, 5.74) is 5.34. The van der Waals surface area contributed by atoms with Gasteiger partial charge in [-0.3, -0.25) is 4.79 Å². The van der Waals surface area contributed by atoms with E-state index in [0.29, 0.717) is 12.2 Å². The molecular weight excluding hydrogens is 486 g/mol. The molecule has 2 aliphatic heterocycles. The predicted molar refractivity (Wildman–Crippen MR) is 135 cm³/mol. The van der Waals surface area contributed by atoms with Gasteiger partial charge in [-0.25, -0.2) is 0 Å². The zero-order chi connectivity index (χ0) is 24.5. The average molecular weight is 518 g/mol. The zero-order valence-corrected chi connectivity index (χ0v) is 21.8. The molecule has 2 bridgehead atoms. The third kappa shape index (κ3) is 4.19. The van der Waals surface area contributed by atoms with Gasteiger partial charge in [0.25, 0.3) is 0 Å². The molecule has 0 fully saturated rings. The number of rotatable bonds is 9. The van der Waals surface area contributed by atoms with Gasteiger partial charge in [0.1, 0.15) is 5.75 Å². The third-order valence-electron chi connectivity index (χ3n) is 8.09. The average Bonchev–Trinajstić information content (AvgIpc) is 3.64. The number of pyridine rings is 1. The lowest BCUT2D eigenvalue weighted by Gasteiger charge is -2.48. The van der Waals surface area contributed by atoms with Crippen LogP contribution in [-0.4, -0.2) is 5.97 Å². The van der Waals surface area contributed by atoms with Gasteiger partial charge < -0.3 is 26.0 Å². The van der Waals surface area contributed by atoms with Crippen LogP contribution < -0.4 is 21.7 Å². The minimum absolute atomic E-state index is 0. The summed E-state index contributed by atoms with van der Waals surface area (Å²) in [7, 11) is 0. The van der Waals surface area contributed by atoms with Gasteiger partial charge in [0.05, 0.1) is 36.4 Å². The summed E-state index contributed by atoms with van der Waals surface area (Å²) >= 11 is 0. The van der Waals surface area contributed by atoms with Crippen molar-refractivity contribution in [1.82, 2.24) is 0 Å². The van der Waals surface area contributed by atoms with Crippen LogP contribution in [0.2, 0.25) is 0 Å². The summed E-state index contributed by atoms with van der Waals surface area (Å²) in [5, 5.41) is 0. The number of aromatic nitrogens is 1. The molecule has 0 saturated carbocycles. The second kappa shape index (κ2) is 10.6. The summed E-state index contributed by atoms with van der Waals surface area (Å²) in [6.07, 6.45) is 16.2. The lowest BCUT2D eigenvalue weighted by molar-refractivity contribution is -0.732. The van der Waals surface area contributed by atoms with Gasteiger partial charge in [0, 0.05) is 47.2 Å². The topological polar surface area (TPSA) is 56.5 Å². The van der Waals surface area contributed by atoms with E-state index in [1.165, 1.54) is 30.5 Å². The monoisotopic (exact) mass is 517 g/mol. The van der Waals surface area contributed by atoms with Gasteiger partial charge >= 0.3 is 5.97 Å². The zero-order valence-electron chi connectivity index (χ0n) is 21.1. The van der Waals surface area contributed by atoms with Crippen LogP contribution in [0, 0.1) is 0 Å². The molecule has 6 heteroatoms. The van der Waals surface area contributed by atoms with Crippen molar-refractivity contribution in [2.24, 2.45) is 0 Å². The van der Waals surface area contributed by atoms with Crippen molar-refractivity contribution in [2.45, 2.75) is 69.2 Å². The lowest BCUT2D eigenvalue weighted by atomic mass is 9.54. The van der Waals surface area contributed by atoms with Crippen LogP contribution >= 0.6 is 0 Å². The first kappa shape index (κ1) is 25.3. The molecule has 3 aromatic heterocycles. The Bertz CT molecular complexity index is 1310. The van der Waals surface area contributed by atoms with Gasteiger partial charge in [-0.15, -0.1) is 0 Å². The predicted octanol–water partition coefficient (Wildman–Crippen LogP) is 3.85. The maximum atomic E-state index is 12.9. The van der Waals surface area contributed by atoms with E-state index in [1.54, 1.807) is 12.5 Å². The highest BCUT2D eigenvalue weighted by atomic mass is 35.5. The molecule has 37 heavy (non-hydrogen) atoms. The number of unbranched alkanes of at least 4 members (excludes halogenated alkanes) is 4. The summed E-state index contributed by atoms with van der Waals surface area (Å²) in [5.74, 6) is 0.453. The number of benzene rings is 1. The highest BCUT2D eigenvalue weighted by Gasteiger charge is 2.61. The van der Waals surface area contributed by atoms with E-state index in [0.717, 1.165) is 36.0 Å². The molecule has 2 atom stereocenters. The molecule has 2 unspecified atom stereocenters. The lowest BCUT2D eigenvalue weighted by Crippen LogP contribution is -3.00. The quantitative estimate of drug-likeness (QED) is 0.146. The SMILES string of the molecule is CCCCCCCC(=O)Oc1cccc2c1C1c3cccc[n+]3C2CC1(c1ccoc1)c1ccoc1.[Cl-]. The summed E-state index contributed by atoms with van der Waals surface area (Å²) < 4.78 is 19.7. The largest absolute Gasteiger partial charge is 1.00 e. The van der Waals surface area contributed by atoms with Crippen LogP contribution in [0.15, 0.2) is 88.6 Å². The van der Waals surface area contributed by atoms with Crippen molar-refractivity contribution in [3.63, 3.8) is 0 Å². The Morgan fingerprint density at radius 1 is 0.973 bits per heavy atom. The second-order valence-corrected chi connectivity index (χ2v) is 10.1. The number of carbonyl (C=O) groups is 1. The normalized spacial score (nSPS) is 18.5. The van der Waals surface area contributed by atoms with Crippen LogP contribution in [0.1, 0.15) is 91.8 Å². The number of carbonyl (C=O) groups excluding carboxylic acids is 1. The first-order chi connectivity index (χ1) is 17.7. The molecule has 7 rings (SSSR count). The van der Waals surface area contributed by atoms with Crippen LogP contribution in [-0.2, 0) is 10.2 Å². The Morgan fingerprint density at radius 3 is 2.43 bits per heavy atom. The molecule has 3 aliphatic rings. The molecule has 1 aromatic carbocycles. The van der Waals surface area contributed by atoms with Crippen molar-refractivity contribution < 1.29 is 35.3 Å². The van der Waals surface area contributed by atoms with Crippen molar-refractivity contribution in [3.05, 3.63) is 108 Å². The van der Waals surface area contributed by atoms with E-state index >= 15 is 0 Å². The number of halogens is 1. The summed E-state index contributed by atoms with van der Waals surface area (Å²) in [6, 6.07) is 16.8. The smallest absolute Gasteiger partial charge is 0.311 e. The van der Waals surface area contributed by atoms with E-state index in [-0.39, 0.29) is 30.3 Å². The van der Waals surface area contributed by atoms with Crippen molar-refractivity contribution in [3.8, 4) is 5.75 Å². The van der Waals surface area contributed by atoms with Gasteiger partial charge in [0.2, 0.25) is 0 Å². The highest BCUT2D eigenvalue weighted by molar-refractivity contribution is 5.73. The minimum Gasteiger partial charge on any atom is -1.00 e. The molecule has 0 saturated heterocycles. The standard InChI is InChI=1S/C31H32NO4.ClH/c1-2-3-4-5-6-13-28(33)36-27-12-9-10-24-26-19-31(22-14-17-34-20-22,23-15-18-35-21-23)30(29(24)27)25-11-7-8-16-32(25)26;/h7-12,14-18,20-21,26,30H,2-6,13,19H2,1H3;1H/q+1;/p-1. The van der Waals surface area contributed by atoms with E-state index in [4.69, 9.17) is 13.6 Å². The molecule has 4 aromatic rings. The van der Waals surface area contributed by atoms with Crippen LogP contribution in [0.25, 0.3) is 0 Å². The fraction of sp³-hybridized carbons (Fsp3) is 0.355. The van der Waals surface area contributed by atoms with Gasteiger partial charge in [0.15, 0.2) is 17.9 Å². The maximum Gasteiger partial charge on any atom is 0.311 e. The molecule has 0 amide bonds. The van der Waals surface area contributed by atoms with Crippen LogP contribution in [0.5, 0.6) is 5.75 Å². The Balaban J connectivity index is 0.00000280. The highest BCUT2D eigenvalue weighted by Crippen LogP contribution is 2.61. The number of nitrogens with zero attached hydrogens (tertiary/aromatic N) is 1. The van der Waals surface area contributed by atoms with Gasteiger partial charge in [-0.05, 0) is 24.6 Å². The summed E-state index contributed by atoms with van der Waals surface area (Å²) in [6.45, 7) is 2.20. The molecular formula is C31H32ClNO4. The third-order valence-corrected chi connectivity index (χ3v) is 8.09. The Hall–Kier alpha value is -3.31. The van der Waals surface area contributed by atoms with Gasteiger partial charge in [-0.1, -0.05) is 50.8 Å². The number of furan rings is 2. The number of esters is 1. The van der Waals surface area contributed by atoms with E-state index in [9.17, 15) is 4.79 Å². The Morgan fingerprint density at radius 2 is 1.73 bits per heavy atom. The molecule has 1 aliphatic carbocycles. The Kier molecular flexibility index (Phi) is 7.25. The first-order valence-electron chi connectivity index (χ1n) is 13.1. The maximum absolute atomic E-state index is 12.9. The van der Waals surface area contributed by atoms with Gasteiger partial charge in [-0.2, -0.15) is 4.57 Å². The molecule has 0 spiro atoms. The Labute approximate surface area is 223 Å². The van der Waals surface area contributed by atoms with E-state index in [1.807, 2.05) is 24.7 Å². The first-order valence-corrected chi connectivity index (χ1v) is 13.1. The van der Waals surface area contributed by atoms with E-state index < -0.39 is 5.41 Å². The number of hydrogen-bond donors (Lipinski definition) is 0. The molecule has 5 heterocycles. The number of hydrogen-bond acceptors (Lipinski definition) is 4. The molecule has 192 valence electrons. The number of ether oxygens (including phenoxy) is 1. The van der Waals surface area contributed by atoms with Crippen molar-refractivity contribution in [2.75, 3.05) is 0 Å². The second-order valence-electron chi connectivity index (χ2n) is 10.1. The fourth-order valence-corrected chi connectivity index (χ4v) is 6.49. The van der Waals surface area contributed by atoms with Crippen LogP contribution in [0.4, 0.5) is 0 Å². The number of fused-ring (bicyclic) bond motifs is 1. The molecule has 0 radical (unpaired) electrons. The fourth-order valence-electron chi connectivity index (χ4n) is 6.49. The summed E-state index contributed by atoms with van der Waals surface area (Å²) in [4.78, 5) is 12.9.